The number of benzene rings is 1. The van der Waals surface area contributed by atoms with Crippen LogP contribution >= 0.6 is 11.6 Å². The first-order valence-corrected chi connectivity index (χ1v) is 10.1. The van der Waals surface area contributed by atoms with Gasteiger partial charge in [0.15, 0.2) is 0 Å². The van der Waals surface area contributed by atoms with Gasteiger partial charge in [0.1, 0.15) is 17.6 Å². The Kier molecular flexibility index (Phi) is 5.52. The van der Waals surface area contributed by atoms with Crippen LogP contribution in [0.15, 0.2) is 23.0 Å². The zero-order valence-corrected chi connectivity index (χ0v) is 16.7. The van der Waals surface area contributed by atoms with Crippen molar-refractivity contribution < 1.29 is 22.7 Å². The second-order valence-corrected chi connectivity index (χ2v) is 7.89. The Morgan fingerprint density at radius 3 is 2.63 bits per heavy atom. The van der Waals surface area contributed by atoms with Gasteiger partial charge in [0.05, 0.1) is 11.6 Å². The zero-order valence-electron chi connectivity index (χ0n) is 16.0. The molecule has 2 aliphatic rings. The molecule has 162 valence electrons. The van der Waals surface area contributed by atoms with Gasteiger partial charge in [-0.3, -0.25) is 9.36 Å². The summed E-state index contributed by atoms with van der Waals surface area (Å²) in [6.07, 6.45) is -0.977. The molecular formula is C19H20ClF3N4O3. The SMILES string of the molecule is O=C(C1CCCc2nn(Cc3ccc(OC(F)(F)F)c(Cl)c3)c(=O)n21)N1CCCC1. The molecule has 4 rings (SSSR count). The first kappa shape index (κ1) is 20.8. The number of hydrogen-bond donors (Lipinski definition) is 0. The summed E-state index contributed by atoms with van der Waals surface area (Å²) < 4.78 is 43.7. The van der Waals surface area contributed by atoms with E-state index in [1.165, 1.54) is 21.4 Å². The number of aryl methyl sites for hydroxylation is 1. The fourth-order valence-corrected chi connectivity index (χ4v) is 4.28. The maximum Gasteiger partial charge on any atom is 0.573 e. The van der Waals surface area contributed by atoms with Crippen LogP contribution in [0.3, 0.4) is 0 Å². The predicted octanol–water partition coefficient (Wildman–Crippen LogP) is 3.14. The molecule has 1 amide bonds. The monoisotopic (exact) mass is 444 g/mol. The minimum absolute atomic E-state index is 0.0233. The number of aromatic nitrogens is 3. The first-order chi connectivity index (χ1) is 14.2. The van der Waals surface area contributed by atoms with Crippen molar-refractivity contribution in [3.8, 4) is 5.75 Å². The molecule has 0 radical (unpaired) electrons. The molecule has 11 heteroatoms. The second-order valence-electron chi connectivity index (χ2n) is 7.48. The first-order valence-electron chi connectivity index (χ1n) is 9.74. The van der Waals surface area contributed by atoms with Crippen molar-refractivity contribution in [1.29, 1.82) is 0 Å². The van der Waals surface area contributed by atoms with Crippen molar-refractivity contribution in [3.05, 3.63) is 45.1 Å². The van der Waals surface area contributed by atoms with Gasteiger partial charge in [-0.15, -0.1) is 13.2 Å². The second kappa shape index (κ2) is 7.98. The van der Waals surface area contributed by atoms with Crippen LogP contribution in [0.4, 0.5) is 13.2 Å². The Labute approximate surface area is 175 Å². The fraction of sp³-hybridized carbons (Fsp3) is 0.526. The molecule has 1 aromatic heterocycles. The number of fused-ring (bicyclic) bond motifs is 1. The standard InChI is InChI=1S/C19H20ClF3N4O3/c20-13-10-12(6-7-15(13)30-19(21,22)23)11-26-18(29)27-14(4-3-5-16(27)24-26)17(28)25-8-1-2-9-25/h6-7,10,14H,1-5,8-9,11H2. The van der Waals surface area contributed by atoms with E-state index in [0.717, 1.165) is 25.3 Å². The van der Waals surface area contributed by atoms with Gasteiger partial charge in [0, 0.05) is 19.5 Å². The van der Waals surface area contributed by atoms with Gasteiger partial charge in [0.25, 0.3) is 0 Å². The van der Waals surface area contributed by atoms with E-state index >= 15 is 0 Å². The molecule has 3 heterocycles. The molecule has 0 spiro atoms. The summed E-state index contributed by atoms with van der Waals surface area (Å²) in [4.78, 5) is 27.7. The molecule has 0 saturated carbocycles. The van der Waals surface area contributed by atoms with Crippen molar-refractivity contribution in [2.45, 2.75) is 51.1 Å². The third-order valence-electron chi connectivity index (χ3n) is 5.39. The van der Waals surface area contributed by atoms with Gasteiger partial charge in [-0.2, -0.15) is 5.10 Å². The summed E-state index contributed by atoms with van der Waals surface area (Å²) >= 11 is 5.89. The third kappa shape index (κ3) is 4.19. The number of rotatable bonds is 4. The highest BCUT2D eigenvalue weighted by Crippen LogP contribution is 2.31. The van der Waals surface area contributed by atoms with E-state index in [4.69, 9.17) is 11.6 Å². The van der Waals surface area contributed by atoms with E-state index in [0.29, 0.717) is 37.3 Å². The van der Waals surface area contributed by atoms with Gasteiger partial charge in [-0.1, -0.05) is 17.7 Å². The van der Waals surface area contributed by atoms with E-state index in [9.17, 15) is 22.8 Å². The van der Waals surface area contributed by atoms with E-state index in [-0.39, 0.29) is 17.5 Å². The minimum Gasteiger partial charge on any atom is -0.404 e. The van der Waals surface area contributed by atoms with Crippen LogP contribution in [0.25, 0.3) is 0 Å². The van der Waals surface area contributed by atoms with Gasteiger partial charge < -0.3 is 9.64 Å². The third-order valence-corrected chi connectivity index (χ3v) is 5.68. The topological polar surface area (TPSA) is 69.4 Å². The average molecular weight is 445 g/mol. The van der Waals surface area contributed by atoms with Gasteiger partial charge in [0.2, 0.25) is 5.91 Å². The maximum absolute atomic E-state index is 13.0. The van der Waals surface area contributed by atoms with Crippen LogP contribution in [-0.2, 0) is 17.8 Å². The number of carbonyl (C=O) groups excluding carboxylic acids is 1. The number of likely N-dealkylation sites (tertiary alicyclic amines) is 1. The quantitative estimate of drug-likeness (QED) is 0.726. The Morgan fingerprint density at radius 1 is 1.23 bits per heavy atom. The summed E-state index contributed by atoms with van der Waals surface area (Å²) in [6, 6.07) is 3.25. The number of alkyl halides is 3. The Bertz CT molecular complexity index is 1010. The molecule has 2 aromatic rings. The lowest BCUT2D eigenvalue weighted by Gasteiger charge is -2.27. The molecular weight excluding hydrogens is 425 g/mol. The molecule has 0 bridgehead atoms. The summed E-state index contributed by atoms with van der Waals surface area (Å²) in [5.41, 5.74) is 0.0866. The molecule has 0 aliphatic carbocycles. The van der Waals surface area contributed by atoms with Gasteiger partial charge >= 0.3 is 12.1 Å². The number of amides is 1. The fourth-order valence-electron chi connectivity index (χ4n) is 4.04. The molecule has 30 heavy (non-hydrogen) atoms. The summed E-state index contributed by atoms with van der Waals surface area (Å²) in [5, 5.41) is 4.14. The molecule has 1 fully saturated rings. The number of hydrogen-bond acceptors (Lipinski definition) is 4. The van der Waals surface area contributed by atoms with Gasteiger partial charge in [-0.25, -0.2) is 9.48 Å². The lowest BCUT2D eigenvalue weighted by molar-refractivity contribution is -0.274. The predicted molar refractivity (Wildman–Crippen MR) is 102 cm³/mol. The Hall–Kier alpha value is -2.49. The average Bonchev–Trinajstić information content (AvgIpc) is 3.31. The summed E-state index contributed by atoms with van der Waals surface area (Å²) in [7, 11) is 0. The van der Waals surface area contributed by atoms with Crippen LogP contribution in [-0.4, -0.2) is 44.6 Å². The zero-order chi connectivity index (χ0) is 21.5. The largest absolute Gasteiger partial charge is 0.573 e. The lowest BCUT2D eigenvalue weighted by atomic mass is 10.0. The number of ether oxygens (including phenoxy) is 1. The van der Waals surface area contributed by atoms with Crippen LogP contribution in [0.2, 0.25) is 5.02 Å². The Balaban J connectivity index is 1.58. The highest BCUT2D eigenvalue weighted by atomic mass is 35.5. The van der Waals surface area contributed by atoms with E-state index in [1.54, 1.807) is 4.90 Å². The Morgan fingerprint density at radius 2 is 1.97 bits per heavy atom. The molecule has 7 nitrogen and oxygen atoms in total. The molecule has 1 aromatic carbocycles. The molecule has 1 unspecified atom stereocenters. The number of carbonyl (C=O) groups is 1. The summed E-state index contributed by atoms with van der Waals surface area (Å²) in [5.74, 6) is -0.0145. The van der Waals surface area contributed by atoms with E-state index < -0.39 is 23.8 Å². The highest BCUT2D eigenvalue weighted by molar-refractivity contribution is 6.32. The number of halogens is 4. The molecule has 0 N–H and O–H groups in total. The summed E-state index contributed by atoms with van der Waals surface area (Å²) in [6.45, 7) is 1.44. The van der Waals surface area contributed by atoms with Crippen LogP contribution in [0.5, 0.6) is 5.75 Å². The van der Waals surface area contributed by atoms with Gasteiger partial charge in [-0.05, 0) is 43.4 Å². The molecule has 1 atom stereocenters. The molecule has 1 saturated heterocycles. The molecule has 2 aliphatic heterocycles. The number of nitrogens with zero attached hydrogens (tertiary/aromatic N) is 4. The lowest BCUT2D eigenvalue weighted by Crippen LogP contribution is -2.41. The van der Waals surface area contributed by atoms with Crippen molar-refractivity contribution in [2.75, 3.05) is 13.1 Å². The van der Waals surface area contributed by atoms with Crippen LogP contribution in [0, 0.1) is 0 Å². The van der Waals surface area contributed by atoms with Crippen molar-refractivity contribution >= 4 is 17.5 Å². The van der Waals surface area contributed by atoms with Crippen molar-refractivity contribution in [2.24, 2.45) is 0 Å². The van der Waals surface area contributed by atoms with Crippen LogP contribution in [0.1, 0.15) is 43.1 Å². The van der Waals surface area contributed by atoms with Crippen molar-refractivity contribution in [1.82, 2.24) is 19.2 Å². The minimum atomic E-state index is -4.85. The van der Waals surface area contributed by atoms with Crippen molar-refractivity contribution in [3.63, 3.8) is 0 Å². The normalized spacial score (nSPS) is 19.1. The highest BCUT2D eigenvalue weighted by Gasteiger charge is 2.34. The van der Waals surface area contributed by atoms with Crippen LogP contribution < -0.4 is 10.4 Å². The maximum atomic E-state index is 13.0. The smallest absolute Gasteiger partial charge is 0.404 e. The van der Waals surface area contributed by atoms with E-state index in [2.05, 4.69) is 9.84 Å². The van der Waals surface area contributed by atoms with E-state index in [1.807, 2.05) is 0 Å².